The highest BCUT2D eigenvalue weighted by Crippen LogP contribution is 2.38. The number of benzene rings is 1. The van der Waals surface area contributed by atoms with Crippen molar-refractivity contribution in [2.75, 3.05) is 43.9 Å². The first kappa shape index (κ1) is 24.1. The van der Waals surface area contributed by atoms with E-state index in [2.05, 4.69) is 26.3 Å². The molecule has 2 aromatic heterocycles. The van der Waals surface area contributed by atoms with Crippen molar-refractivity contribution in [3.05, 3.63) is 69.1 Å². The van der Waals surface area contributed by atoms with Crippen LogP contribution in [0.25, 0.3) is 0 Å². The summed E-state index contributed by atoms with van der Waals surface area (Å²) in [6.07, 6.45) is 4.57. The number of methoxy groups -OCH3 is 1. The van der Waals surface area contributed by atoms with E-state index in [0.717, 1.165) is 26.2 Å². The molecule has 0 saturated carbocycles. The summed E-state index contributed by atoms with van der Waals surface area (Å²) in [5.41, 5.74) is 8.89. The van der Waals surface area contributed by atoms with Crippen LogP contribution >= 0.6 is 23.2 Å². The zero-order valence-corrected chi connectivity index (χ0v) is 21.0. The predicted molar refractivity (Wildman–Crippen MR) is 138 cm³/mol. The Bertz CT molecular complexity index is 1370. The highest BCUT2D eigenvalue weighted by Gasteiger charge is 2.48. The van der Waals surface area contributed by atoms with E-state index in [-0.39, 0.29) is 12.3 Å². The normalized spacial score (nSPS) is 15.6. The first-order valence-corrected chi connectivity index (χ1v) is 11.9. The summed E-state index contributed by atoms with van der Waals surface area (Å²) in [7, 11) is 1.50. The van der Waals surface area contributed by atoms with Gasteiger partial charge in [-0.05, 0) is 12.1 Å². The van der Waals surface area contributed by atoms with Crippen LogP contribution in [0, 0.1) is 22.2 Å². The molecule has 11 heteroatoms. The molecule has 0 amide bonds. The van der Waals surface area contributed by atoms with Gasteiger partial charge in [-0.1, -0.05) is 23.2 Å². The highest BCUT2D eigenvalue weighted by atomic mass is 35.5. The number of aromatic nitrogens is 2. The molecule has 1 aromatic carbocycles. The van der Waals surface area contributed by atoms with E-state index < -0.39 is 0 Å². The van der Waals surface area contributed by atoms with Gasteiger partial charge in [-0.25, -0.2) is 4.98 Å². The Morgan fingerprint density at radius 2 is 1.92 bits per heavy atom. The van der Waals surface area contributed by atoms with E-state index in [0.29, 0.717) is 60.7 Å². The van der Waals surface area contributed by atoms with Gasteiger partial charge in [-0.15, -0.1) is 0 Å². The summed E-state index contributed by atoms with van der Waals surface area (Å²) in [4.78, 5) is 10.6. The largest absolute Gasteiger partial charge is 0.493 e. The third-order valence-corrected chi connectivity index (χ3v) is 7.21. The minimum absolute atomic E-state index is 0.0644. The molecular weight excluding hydrogens is 501 g/mol. The van der Waals surface area contributed by atoms with Crippen molar-refractivity contribution in [3.63, 3.8) is 0 Å². The van der Waals surface area contributed by atoms with Gasteiger partial charge in [0.2, 0.25) is 0 Å². The molecule has 36 heavy (non-hydrogen) atoms. The molecular formula is C25H23Cl2N7O2. The fourth-order valence-corrected chi connectivity index (χ4v) is 4.96. The minimum Gasteiger partial charge on any atom is -0.493 e. The van der Waals surface area contributed by atoms with Crippen molar-refractivity contribution in [1.29, 1.82) is 10.7 Å². The first-order valence-electron chi connectivity index (χ1n) is 11.2. The molecule has 1 spiro atoms. The van der Waals surface area contributed by atoms with Crippen LogP contribution in [0.15, 0.2) is 36.8 Å². The zero-order chi connectivity index (χ0) is 25.4. The standard InChI is InChI=1S/C25H23Cl2N7O2/c1-35-21-4-20(29)16(3-22(21)36-9-17-18(26)7-31-8-19(17)27)23(30)15-2-14(5-28)24(33-6-15)34-12-25(13-34)10-32-11-25/h2-4,6-8,30,32H,9-13,29H2,1H3. The molecule has 0 aliphatic carbocycles. The average molecular weight is 524 g/mol. The molecule has 2 saturated heterocycles. The van der Waals surface area contributed by atoms with Gasteiger partial charge in [0.05, 0.1) is 28.4 Å². The first-order chi connectivity index (χ1) is 17.3. The Labute approximate surface area is 218 Å². The Hall–Kier alpha value is -3.58. The maximum absolute atomic E-state index is 9.77. The van der Waals surface area contributed by atoms with Gasteiger partial charge in [0.15, 0.2) is 11.5 Å². The summed E-state index contributed by atoms with van der Waals surface area (Å²) in [5, 5.41) is 22.6. The Kier molecular flexibility index (Phi) is 6.35. The van der Waals surface area contributed by atoms with E-state index in [1.807, 2.05) is 0 Å². The second-order valence-corrected chi connectivity index (χ2v) is 9.82. The number of pyridine rings is 2. The number of hydrogen-bond acceptors (Lipinski definition) is 9. The molecule has 0 bridgehead atoms. The van der Waals surface area contributed by atoms with Gasteiger partial charge < -0.3 is 25.4 Å². The summed E-state index contributed by atoms with van der Waals surface area (Å²) in [5.74, 6) is 1.40. The van der Waals surface area contributed by atoms with Crippen molar-refractivity contribution >= 4 is 40.4 Å². The fourth-order valence-electron chi connectivity index (χ4n) is 4.49. The lowest BCUT2D eigenvalue weighted by Crippen LogP contribution is -2.71. The molecule has 9 nitrogen and oxygen atoms in total. The quantitative estimate of drug-likeness (QED) is 0.315. The van der Waals surface area contributed by atoms with Gasteiger partial charge in [0.25, 0.3) is 0 Å². The van der Waals surface area contributed by atoms with Gasteiger partial charge in [-0.2, -0.15) is 5.26 Å². The fraction of sp³-hybridized carbons (Fsp3) is 0.280. The maximum atomic E-state index is 9.77. The van der Waals surface area contributed by atoms with E-state index in [1.54, 1.807) is 24.4 Å². The number of nitrogens with two attached hydrogens (primary N) is 1. The summed E-state index contributed by atoms with van der Waals surface area (Å²) >= 11 is 12.4. The molecule has 0 radical (unpaired) electrons. The summed E-state index contributed by atoms with van der Waals surface area (Å²) in [6, 6.07) is 7.12. The molecule has 3 aromatic rings. The van der Waals surface area contributed by atoms with E-state index >= 15 is 0 Å². The van der Waals surface area contributed by atoms with Crippen LogP contribution in [-0.4, -0.2) is 49.0 Å². The van der Waals surface area contributed by atoms with Gasteiger partial charge in [0, 0.05) is 78.6 Å². The van der Waals surface area contributed by atoms with Crippen LogP contribution in [0.5, 0.6) is 11.5 Å². The second-order valence-electron chi connectivity index (χ2n) is 9.00. The van der Waals surface area contributed by atoms with Gasteiger partial charge in [0.1, 0.15) is 18.5 Å². The number of halogens is 2. The van der Waals surface area contributed by atoms with E-state index in [1.165, 1.54) is 19.5 Å². The predicted octanol–water partition coefficient (Wildman–Crippen LogP) is 3.65. The average Bonchev–Trinajstić information content (AvgIpc) is 2.82. The van der Waals surface area contributed by atoms with Crippen molar-refractivity contribution in [1.82, 2.24) is 15.3 Å². The molecule has 4 heterocycles. The summed E-state index contributed by atoms with van der Waals surface area (Å²) < 4.78 is 11.4. The third kappa shape index (κ3) is 4.28. The number of ether oxygens (including phenoxy) is 2. The molecule has 5 rings (SSSR count). The monoisotopic (exact) mass is 523 g/mol. The van der Waals surface area contributed by atoms with Crippen molar-refractivity contribution in [2.45, 2.75) is 6.61 Å². The van der Waals surface area contributed by atoms with Gasteiger partial charge >= 0.3 is 0 Å². The van der Waals surface area contributed by atoms with Crippen molar-refractivity contribution in [2.24, 2.45) is 5.41 Å². The van der Waals surface area contributed by atoms with Crippen LogP contribution in [0.3, 0.4) is 0 Å². The van der Waals surface area contributed by atoms with Crippen molar-refractivity contribution < 1.29 is 9.47 Å². The van der Waals surface area contributed by atoms with Crippen LogP contribution in [-0.2, 0) is 6.61 Å². The third-order valence-electron chi connectivity index (χ3n) is 6.56. The smallest absolute Gasteiger partial charge is 0.162 e. The van der Waals surface area contributed by atoms with Crippen LogP contribution in [0.1, 0.15) is 22.3 Å². The zero-order valence-electron chi connectivity index (χ0n) is 19.4. The molecule has 0 atom stereocenters. The molecule has 184 valence electrons. The van der Waals surface area contributed by atoms with Crippen LogP contribution in [0.4, 0.5) is 11.5 Å². The topological polar surface area (TPSA) is 133 Å². The molecule has 2 aliphatic rings. The SMILES string of the molecule is COc1cc(N)c(C(=N)c2cnc(N3CC4(CNC4)C3)c(C#N)c2)cc1OCc1c(Cl)cncc1Cl. The number of nitriles is 1. The van der Waals surface area contributed by atoms with Crippen LogP contribution < -0.4 is 25.4 Å². The molecule has 2 aliphatic heterocycles. The highest BCUT2D eigenvalue weighted by molar-refractivity contribution is 6.35. The molecule has 4 N–H and O–H groups in total. The number of hydrogen-bond donors (Lipinski definition) is 3. The maximum Gasteiger partial charge on any atom is 0.162 e. The van der Waals surface area contributed by atoms with Crippen LogP contribution in [0.2, 0.25) is 10.0 Å². The molecule has 2 fully saturated rings. The number of anilines is 2. The molecule has 0 unspecified atom stereocenters. The van der Waals surface area contributed by atoms with Gasteiger partial charge in [-0.3, -0.25) is 10.4 Å². The second kappa shape index (κ2) is 9.47. The number of nitrogen functional groups attached to an aromatic ring is 1. The Morgan fingerprint density at radius 1 is 1.19 bits per heavy atom. The van der Waals surface area contributed by atoms with Crippen molar-refractivity contribution in [3.8, 4) is 17.6 Å². The van der Waals surface area contributed by atoms with E-state index in [9.17, 15) is 5.26 Å². The lowest BCUT2D eigenvalue weighted by atomic mass is 9.74. The number of rotatable bonds is 7. The lowest BCUT2D eigenvalue weighted by Gasteiger charge is -2.56. The number of nitrogens with zero attached hydrogens (tertiary/aromatic N) is 4. The Balaban J connectivity index is 1.40. The lowest BCUT2D eigenvalue weighted by molar-refractivity contribution is 0.120. The Morgan fingerprint density at radius 3 is 2.53 bits per heavy atom. The summed E-state index contributed by atoms with van der Waals surface area (Å²) in [6.45, 7) is 3.80. The number of nitrogens with one attached hydrogen (secondary N) is 2. The van der Waals surface area contributed by atoms with E-state index in [4.69, 9.17) is 43.8 Å². The minimum atomic E-state index is 0.0644.